The smallest absolute Gasteiger partial charge is 0.338 e. The van der Waals surface area contributed by atoms with Gasteiger partial charge in [0.05, 0.1) is 17.1 Å². The van der Waals surface area contributed by atoms with Gasteiger partial charge in [0.15, 0.2) is 0 Å². The lowest BCUT2D eigenvalue weighted by Crippen LogP contribution is -2.08. The van der Waals surface area contributed by atoms with Crippen molar-refractivity contribution < 1.29 is 14.5 Å². The van der Waals surface area contributed by atoms with Crippen molar-refractivity contribution in [2.75, 3.05) is 6.61 Å². The Morgan fingerprint density at radius 1 is 1.26 bits per heavy atom. The molecule has 0 atom stereocenters. The second kappa shape index (κ2) is 6.20. The molecular formula is C18H17NO4. The summed E-state index contributed by atoms with van der Waals surface area (Å²) in [6, 6.07) is 10.3. The summed E-state index contributed by atoms with van der Waals surface area (Å²) in [4.78, 5) is 22.9. The van der Waals surface area contributed by atoms with Crippen LogP contribution in [-0.4, -0.2) is 17.5 Å². The van der Waals surface area contributed by atoms with Crippen LogP contribution in [0.1, 0.15) is 41.3 Å². The Balaban J connectivity index is 1.98. The van der Waals surface area contributed by atoms with E-state index in [0.717, 1.165) is 35.1 Å². The van der Waals surface area contributed by atoms with Crippen molar-refractivity contribution in [3.05, 3.63) is 63.2 Å². The number of rotatable bonds is 5. The number of carbonyl (C=O) groups is 1. The molecule has 0 aliphatic heterocycles. The predicted molar refractivity (Wildman–Crippen MR) is 86.5 cm³/mol. The van der Waals surface area contributed by atoms with Gasteiger partial charge in [0, 0.05) is 12.1 Å². The van der Waals surface area contributed by atoms with E-state index in [-0.39, 0.29) is 11.7 Å². The number of hydrogen-bond acceptors (Lipinski definition) is 4. The Morgan fingerprint density at radius 3 is 2.83 bits per heavy atom. The first-order chi connectivity index (χ1) is 11.1. The Kier molecular flexibility index (Phi) is 4.10. The monoisotopic (exact) mass is 311 g/mol. The van der Waals surface area contributed by atoms with Crippen molar-refractivity contribution in [3.63, 3.8) is 0 Å². The summed E-state index contributed by atoms with van der Waals surface area (Å²) in [6.07, 6.45) is 2.40. The minimum Gasteiger partial charge on any atom is -0.462 e. The van der Waals surface area contributed by atoms with Gasteiger partial charge in [-0.15, -0.1) is 0 Å². The topological polar surface area (TPSA) is 69.4 Å². The van der Waals surface area contributed by atoms with Gasteiger partial charge in [0.1, 0.15) is 0 Å². The average Bonchev–Trinajstić information content (AvgIpc) is 2.92. The maximum absolute atomic E-state index is 12.3. The molecule has 3 rings (SSSR count). The molecule has 0 aromatic heterocycles. The van der Waals surface area contributed by atoms with Crippen molar-refractivity contribution in [2.24, 2.45) is 0 Å². The van der Waals surface area contributed by atoms with Gasteiger partial charge in [-0.1, -0.05) is 25.5 Å². The lowest BCUT2D eigenvalue weighted by atomic mass is 9.99. The molecule has 0 amide bonds. The van der Waals surface area contributed by atoms with Gasteiger partial charge in [0.2, 0.25) is 0 Å². The van der Waals surface area contributed by atoms with E-state index in [4.69, 9.17) is 4.74 Å². The van der Waals surface area contributed by atoms with Crippen molar-refractivity contribution in [2.45, 2.75) is 26.2 Å². The van der Waals surface area contributed by atoms with Crippen LogP contribution >= 0.6 is 0 Å². The number of nitrogens with zero attached hydrogens (tertiary/aromatic N) is 1. The van der Waals surface area contributed by atoms with Gasteiger partial charge in [-0.05, 0) is 47.2 Å². The Bertz CT molecular complexity index is 783. The molecule has 0 saturated carbocycles. The average molecular weight is 311 g/mol. The van der Waals surface area contributed by atoms with Crippen LogP contribution in [-0.2, 0) is 11.2 Å². The molecule has 1 aliphatic rings. The highest BCUT2D eigenvalue weighted by Crippen LogP contribution is 2.40. The summed E-state index contributed by atoms with van der Waals surface area (Å²) < 4.78 is 5.32. The fourth-order valence-electron chi connectivity index (χ4n) is 2.91. The van der Waals surface area contributed by atoms with E-state index in [0.29, 0.717) is 18.6 Å². The summed E-state index contributed by atoms with van der Waals surface area (Å²) >= 11 is 0. The molecule has 0 radical (unpaired) electrons. The first-order valence-corrected chi connectivity index (χ1v) is 7.68. The van der Waals surface area contributed by atoms with E-state index in [1.54, 1.807) is 18.2 Å². The highest BCUT2D eigenvalue weighted by atomic mass is 16.6. The molecule has 0 bridgehead atoms. The molecule has 0 spiro atoms. The second-order valence-corrected chi connectivity index (χ2v) is 5.60. The van der Waals surface area contributed by atoms with Crippen molar-refractivity contribution in [3.8, 4) is 11.1 Å². The van der Waals surface area contributed by atoms with Crippen LogP contribution in [0, 0.1) is 10.1 Å². The molecule has 2 aromatic carbocycles. The summed E-state index contributed by atoms with van der Waals surface area (Å²) in [7, 11) is 0. The summed E-state index contributed by atoms with van der Waals surface area (Å²) in [5.41, 5.74) is 4.22. The molecule has 2 aromatic rings. The third-order valence-corrected chi connectivity index (χ3v) is 4.05. The van der Waals surface area contributed by atoms with Crippen molar-refractivity contribution in [1.29, 1.82) is 0 Å². The molecule has 23 heavy (non-hydrogen) atoms. The van der Waals surface area contributed by atoms with E-state index < -0.39 is 4.92 Å². The SMILES string of the molecule is CCCCOC(=O)c1cccc2c1-c1ccc([N+](=O)[O-])cc1C2. The van der Waals surface area contributed by atoms with E-state index in [1.807, 2.05) is 19.1 Å². The van der Waals surface area contributed by atoms with Crippen LogP contribution in [0.2, 0.25) is 0 Å². The lowest BCUT2D eigenvalue weighted by Gasteiger charge is -2.09. The van der Waals surface area contributed by atoms with Crippen LogP contribution in [0.4, 0.5) is 5.69 Å². The van der Waals surface area contributed by atoms with Gasteiger partial charge in [0.25, 0.3) is 5.69 Å². The van der Waals surface area contributed by atoms with Gasteiger partial charge < -0.3 is 4.74 Å². The van der Waals surface area contributed by atoms with E-state index in [1.165, 1.54) is 6.07 Å². The molecule has 0 unspecified atom stereocenters. The summed E-state index contributed by atoms with van der Waals surface area (Å²) in [6.45, 7) is 2.45. The number of unbranched alkanes of at least 4 members (excludes halogenated alkanes) is 1. The third kappa shape index (κ3) is 2.82. The van der Waals surface area contributed by atoms with E-state index in [2.05, 4.69) is 0 Å². The first kappa shape index (κ1) is 15.2. The maximum atomic E-state index is 12.3. The minimum absolute atomic E-state index is 0.0728. The molecule has 0 N–H and O–H groups in total. The fraction of sp³-hybridized carbons (Fsp3) is 0.278. The largest absolute Gasteiger partial charge is 0.462 e. The number of fused-ring (bicyclic) bond motifs is 3. The van der Waals surface area contributed by atoms with Crippen LogP contribution in [0.3, 0.4) is 0 Å². The quantitative estimate of drug-likeness (QED) is 0.307. The third-order valence-electron chi connectivity index (χ3n) is 4.05. The molecule has 1 aliphatic carbocycles. The Hall–Kier alpha value is -2.69. The normalized spacial score (nSPS) is 11.7. The van der Waals surface area contributed by atoms with E-state index in [9.17, 15) is 14.9 Å². The Labute approximate surface area is 134 Å². The van der Waals surface area contributed by atoms with Gasteiger partial charge in [-0.2, -0.15) is 0 Å². The zero-order valence-electron chi connectivity index (χ0n) is 12.9. The number of benzene rings is 2. The standard InChI is InChI=1S/C18H17NO4/c1-2-3-9-23-18(20)16-6-4-5-12-10-13-11-14(19(21)22)7-8-15(13)17(12)16/h4-8,11H,2-3,9-10H2,1H3. The van der Waals surface area contributed by atoms with Crippen molar-refractivity contribution in [1.82, 2.24) is 0 Å². The minimum atomic E-state index is -0.400. The number of nitro groups is 1. The highest BCUT2D eigenvalue weighted by Gasteiger charge is 2.26. The fourth-order valence-corrected chi connectivity index (χ4v) is 2.91. The first-order valence-electron chi connectivity index (χ1n) is 7.68. The van der Waals surface area contributed by atoms with Crippen LogP contribution in [0.25, 0.3) is 11.1 Å². The number of esters is 1. The summed E-state index contributed by atoms with van der Waals surface area (Å²) in [5.74, 6) is -0.332. The summed E-state index contributed by atoms with van der Waals surface area (Å²) in [5, 5.41) is 10.9. The number of ether oxygens (including phenoxy) is 1. The second-order valence-electron chi connectivity index (χ2n) is 5.60. The maximum Gasteiger partial charge on any atom is 0.338 e. The molecule has 118 valence electrons. The Morgan fingerprint density at radius 2 is 2.09 bits per heavy atom. The molecule has 0 saturated heterocycles. The van der Waals surface area contributed by atoms with E-state index >= 15 is 0 Å². The van der Waals surface area contributed by atoms with Crippen molar-refractivity contribution >= 4 is 11.7 Å². The molecular weight excluding hydrogens is 294 g/mol. The molecule has 0 fully saturated rings. The van der Waals surface area contributed by atoms with Gasteiger partial charge >= 0.3 is 5.97 Å². The molecule has 5 nitrogen and oxygen atoms in total. The van der Waals surface area contributed by atoms with Gasteiger partial charge in [-0.25, -0.2) is 4.79 Å². The number of carbonyl (C=O) groups excluding carboxylic acids is 1. The number of hydrogen-bond donors (Lipinski definition) is 0. The predicted octanol–water partition coefficient (Wildman–Crippen LogP) is 4.12. The molecule has 0 heterocycles. The van der Waals surface area contributed by atoms with Gasteiger partial charge in [-0.3, -0.25) is 10.1 Å². The van der Waals surface area contributed by atoms with Crippen LogP contribution in [0.15, 0.2) is 36.4 Å². The lowest BCUT2D eigenvalue weighted by molar-refractivity contribution is -0.384. The highest BCUT2D eigenvalue weighted by molar-refractivity contribution is 6.00. The zero-order valence-corrected chi connectivity index (χ0v) is 12.9. The van der Waals surface area contributed by atoms with Crippen LogP contribution < -0.4 is 0 Å². The van der Waals surface area contributed by atoms with Crippen LogP contribution in [0.5, 0.6) is 0 Å². The zero-order chi connectivity index (χ0) is 16.4. The molecule has 5 heteroatoms. The number of non-ortho nitro benzene ring substituents is 1. The number of nitro benzene ring substituents is 1.